The Kier molecular flexibility index (Phi) is 7.31. The number of methoxy groups -OCH3 is 2. The van der Waals surface area contributed by atoms with E-state index in [-0.39, 0.29) is 18.1 Å². The summed E-state index contributed by atoms with van der Waals surface area (Å²) in [6.07, 6.45) is 1.26. The molecule has 0 aliphatic heterocycles. The number of rotatable bonds is 8. The molecule has 0 radical (unpaired) electrons. The van der Waals surface area contributed by atoms with Gasteiger partial charge in [-0.1, -0.05) is 24.6 Å². The molecule has 0 aliphatic carbocycles. The van der Waals surface area contributed by atoms with Gasteiger partial charge in [-0.25, -0.2) is 4.39 Å². The normalized spacial score (nSPS) is 12.9. The molecule has 0 fully saturated rings. The molecule has 1 atom stereocenters. The monoisotopic (exact) mass is 289 g/mol. The van der Waals surface area contributed by atoms with Gasteiger partial charge < -0.3 is 14.8 Å². The van der Waals surface area contributed by atoms with Crippen LogP contribution in [-0.2, 0) is 15.9 Å². The number of hydrogen-bond donors (Lipinski definition) is 1. The second kappa shape index (κ2) is 8.48. The van der Waals surface area contributed by atoms with Gasteiger partial charge in [-0.2, -0.15) is 0 Å². The number of ether oxygens (including phenoxy) is 2. The van der Waals surface area contributed by atoms with E-state index in [1.807, 2.05) is 0 Å². The molecule has 19 heavy (non-hydrogen) atoms. The van der Waals surface area contributed by atoms with E-state index < -0.39 is 0 Å². The van der Waals surface area contributed by atoms with Gasteiger partial charge in [-0.3, -0.25) is 0 Å². The van der Waals surface area contributed by atoms with E-state index in [0.29, 0.717) is 11.4 Å². The highest BCUT2D eigenvalue weighted by Crippen LogP contribution is 2.20. The quantitative estimate of drug-likeness (QED) is 0.746. The molecule has 1 aromatic carbocycles. The van der Waals surface area contributed by atoms with Crippen LogP contribution in [0.1, 0.15) is 18.9 Å². The Hall–Kier alpha value is -0.680. The summed E-state index contributed by atoms with van der Waals surface area (Å²) in [4.78, 5) is 0. The predicted octanol–water partition coefficient (Wildman–Crippen LogP) is 3.01. The zero-order valence-corrected chi connectivity index (χ0v) is 12.3. The largest absolute Gasteiger partial charge is 0.354 e. The standard InChI is InChI=1S/C14H21ClFNO2/c1-4-7-17-13(14(18-2)19-3)8-10-5-6-11(16)9-12(10)15/h5-6,9,13-14,17H,4,7-8H2,1-3H3. The molecule has 0 amide bonds. The van der Waals surface area contributed by atoms with Crippen LogP contribution in [0.2, 0.25) is 5.02 Å². The summed E-state index contributed by atoms with van der Waals surface area (Å²) in [7, 11) is 3.20. The molecule has 1 aromatic rings. The van der Waals surface area contributed by atoms with Gasteiger partial charge in [0.2, 0.25) is 0 Å². The van der Waals surface area contributed by atoms with Crippen LogP contribution < -0.4 is 5.32 Å². The minimum absolute atomic E-state index is 0.0297. The van der Waals surface area contributed by atoms with Crippen LogP contribution in [0, 0.1) is 5.82 Å². The fourth-order valence-corrected chi connectivity index (χ4v) is 2.19. The zero-order chi connectivity index (χ0) is 14.3. The summed E-state index contributed by atoms with van der Waals surface area (Å²) in [6.45, 7) is 2.94. The van der Waals surface area contributed by atoms with Crippen LogP contribution in [-0.4, -0.2) is 33.1 Å². The zero-order valence-electron chi connectivity index (χ0n) is 11.6. The third kappa shape index (κ3) is 5.07. The lowest BCUT2D eigenvalue weighted by Crippen LogP contribution is -2.44. The average Bonchev–Trinajstić information content (AvgIpc) is 2.39. The van der Waals surface area contributed by atoms with Crippen molar-refractivity contribution < 1.29 is 13.9 Å². The first-order valence-corrected chi connectivity index (χ1v) is 6.73. The lowest BCUT2D eigenvalue weighted by Gasteiger charge is -2.26. The molecule has 5 heteroatoms. The third-order valence-electron chi connectivity index (χ3n) is 2.90. The van der Waals surface area contributed by atoms with Gasteiger partial charge in [-0.05, 0) is 37.1 Å². The van der Waals surface area contributed by atoms with Crippen molar-refractivity contribution in [3.63, 3.8) is 0 Å². The summed E-state index contributed by atoms with van der Waals surface area (Å²) < 4.78 is 23.6. The van der Waals surface area contributed by atoms with Crippen LogP contribution in [0.3, 0.4) is 0 Å². The summed E-state index contributed by atoms with van der Waals surface area (Å²) in [5.74, 6) is -0.332. The van der Waals surface area contributed by atoms with Gasteiger partial charge in [0.05, 0.1) is 6.04 Å². The Bertz CT molecular complexity index is 386. The van der Waals surface area contributed by atoms with Crippen LogP contribution in [0.4, 0.5) is 4.39 Å². The van der Waals surface area contributed by atoms with Crippen molar-refractivity contribution >= 4 is 11.6 Å². The molecule has 0 saturated carbocycles. The van der Waals surface area contributed by atoms with Gasteiger partial charge in [0.15, 0.2) is 6.29 Å². The van der Waals surface area contributed by atoms with E-state index in [0.717, 1.165) is 18.5 Å². The SMILES string of the molecule is CCCNC(Cc1ccc(F)cc1Cl)C(OC)OC. The van der Waals surface area contributed by atoms with E-state index in [2.05, 4.69) is 12.2 Å². The Morgan fingerprint density at radius 1 is 1.32 bits per heavy atom. The maximum Gasteiger partial charge on any atom is 0.172 e. The number of benzene rings is 1. The fourth-order valence-electron chi connectivity index (χ4n) is 1.94. The Morgan fingerprint density at radius 3 is 2.53 bits per heavy atom. The van der Waals surface area contributed by atoms with Crippen LogP contribution in [0.5, 0.6) is 0 Å². The van der Waals surface area contributed by atoms with Crippen LogP contribution in [0.15, 0.2) is 18.2 Å². The molecular weight excluding hydrogens is 269 g/mol. The molecule has 3 nitrogen and oxygen atoms in total. The number of halogens is 2. The lowest BCUT2D eigenvalue weighted by molar-refractivity contribution is -0.122. The van der Waals surface area contributed by atoms with Gasteiger partial charge in [0.25, 0.3) is 0 Å². The highest BCUT2D eigenvalue weighted by Gasteiger charge is 2.21. The van der Waals surface area contributed by atoms with E-state index in [4.69, 9.17) is 21.1 Å². The number of hydrogen-bond acceptors (Lipinski definition) is 3. The summed E-state index contributed by atoms with van der Waals surface area (Å²) in [5, 5.41) is 3.78. The van der Waals surface area contributed by atoms with Crippen LogP contribution in [0.25, 0.3) is 0 Å². The molecule has 0 aliphatic rings. The average molecular weight is 290 g/mol. The van der Waals surface area contributed by atoms with Crippen molar-refractivity contribution in [3.05, 3.63) is 34.6 Å². The number of nitrogens with one attached hydrogen (secondary N) is 1. The molecule has 0 heterocycles. The smallest absolute Gasteiger partial charge is 0.172 e. The molecule has 0 bridgehead atoms. The first-order chi connectivity index (χ1) is 9.12. The van der Waals surface area contributed by atoms with Crippen molar-refractivity contribution in [1.82, 2.24) is 5.32 Å². The molecular formula is C14H21ClFNO2. The Balaban J connectivity index is 2.80. The van der Waals surface area contributed by atoms with Gasteiger partial charge in [-0.15, -0.1) is 0 Å². The van der Waals surface area contributed by atoms with E-state index in [9.17, 15) is 4.39 Å². The maximum atomic E-state index is 13.0. The van der Waals surface area contributed by atoms with Crippen LogP contribution >= 0.6 is 11.6 Å². The van der Waals surface area contributed by atoms with Crippen molar-refractivity contribution in [2.24, 2.45) is 0 Å². The first-order valence-electron chi connectivity index (χ1n) is 6.35. The molecule has 108 valence electrons. The molecule has 1 rings (SSSR count). The van der Waals surface area contributed by atoms with Crippen molar-refractivity contribution in [3.8, 4) is 0 Å². The van der Waals surface area contributed by atoms with E-state index >= 15 is 0 Å². The highest BCUT2D eigenvalue weighted by atomic mass is 35.5. The molecule has 0 aromatic heterocycles. The Labute approximate surface area is 119 Å². The van der Waals surface area contributed by atoms with Gasteiger partial charge in [0.1, 0.15) is 5.82 Å². The third-order valence-corrected chi connectivity index (χ3v) is 3.26. The molecule has 0 saturated heterocycles. The van der Waals surface area contributed by atoms with Gasteiger partial charge >= 0.3 is 0 Å². The minimum Gasteiger partial charge on any atom is -0.354 e. The summed E-state index contributed by atoms with van der Waals surface area (Å²) >= 11 is 6.05. The van der Waals surface area contributed by atoms with Gasteiger partial charge in [0, 0.05) is 19.2 Å². The topological polar surface area (TPSA) is 30.5 Å². The second-order valence-corrected chi connectivity index (χ2v) is 4.75. The predicted molar refractivity (Wildman–Crippen MR) is 75.0 cm³/mol. The maximum absolute atomic E-state index is 13.0. The highest BCUT2D eigenvalue weighted by molar-refractivity contribution is 6.31. The van der Waals surface area contributed by atoms with Crippen molar-refractivity contribution in [2.75, 3.05) is 20.8 Å². The first kappa shape index (κ1) is 16.4. The Morgan fingerprint density at radius 2 is 2.00 bits per heavy atom. The van der Waals surface area contributed by atoms with Crippen molar-refractivity contribution in [2.45, 2.75) is 32.1 Å². The fraction of sp³-hybridized carbons (Fsp3) is 0.571. The second-order valence-electron chi connectivity index (χ2n) is 4.34. The molecule has 0 spiro atoms. The molecule has 1 unspecified atom stereocenters. The van der Waals surface area contributed by atoms with Crippen molar-refractivity contribution in [1.29, 1.82) is 0 Å². The minimum atomic E-state index is -0.368. The van der Waals surface area contributed by atoms with E-state index in [1.54, 1.807) is 20.3 Å². The lowest BCUT2D eigenvalue weighted by atomic mass is 10.0. The van der Waals surface area contributed by atoms with E-state index in [1.165, 1.54) is 12.1 Å². The summed E-state index contributed by atoms with van der Waals surface area (Å²) in [5.41, 5.74) is 0.871. The molecule has 1 N–H and O–H groups in total. The summed E-state index contributed by atoms with van der Waals surface area (Å²) in [6, 6.07) is 4.40.